The highest BCUT2D eigenvalue weighted by Crippen LogP contribution is 2.19. The first-order chi connectivity index (χ1) is 11.2. The number of nitrogens with zero attached hydrogens (tertiary/aromatic N) is 1. The van der Waals surface area contributed by atoms with Crippen LogP contribution in [0.4, 0.5) is 0 Å². The molecule has 0 bridgehead atoms. The van der Waals surface area contributed by atoms with Gasteiger partial charge in [0.15, 0.2) is 10.6 Å². The van der Waals surface area contributed by atoms with Gasteiger partial charge in [0.25, 0.3) is 5.91 Å². The lowest BCUT2D eigenvalue weighted by atomic mass is 10.0. The Balaban J connectivity index is 2.33. The predicted molar refractivity (Wildman–Crippen MR) is 90.6 cm³/mol. The number of oxime groups is 1. The predicted octanol–water partition coefficient (Wildman–Crippen LogP) is 2.09. The molecule has 2 rings (SSSR count). The number of amides is 1. The maximum absolute atomic E-state index is 12.5. The van der Waals surface area contributed by atoms with Crippen molar-refractivity contribution in [2.24, 2.45) is 5.16 Å². The zero-order valence-electron chi connectivity index (χ0n) is 13.0. The van der Waals surface area contributed by atoms with E-state index in [9.17, 15) is 9.35 Å². The van der Waals surface area contributed by atoms with Crippen LogP contribution < -0.4 is 5.32 Å². The van der Waals surface area contributed by atoms with Crippen LogP contribution in [0.2, 0.25) is 0 Å². The minimum atomic E-state index is -1.21. The second-order valence-electron chi connectivity index (χ2n) is 4.66. The van der Waals surface area contributed by atoms with Crippen molar-refractivity contribution in [2.75, 3.05) is 14.2 Å². The molecule has 0 fully saturated rings. The number of rotatable bonds is 6. The van der Waals surface area contributed by atoms with Gasteiger partial charge in [0.2, 0.25) is 0 Å². The summed E-state index contributed by atoms with van der Waals surface area (Å²) in [6.45, 7) is 0. The average molecular weight is 330 g/mol. The van der Waals surface area contributed by atoms with Crippen molar-refractivity contribution in [2.45, 2.75) is 10.6 Å². The van der Waals surface area contributed by atoms with Gasteiger partial charge in [0, 0.05) is 18.2 Å². The number of carbonyl (C=O) groups excluding carboxylic acids is 1. The lowest BCUT2D eigenvalue weighted by Gasteiger charge is -2.14. The Morgan fingerprint density at radius 3 is 2.48 bits per heavy atom. The van der Waals surface area contributed by atoms with E-state index in [0.717, 1.165) is 10.5 Å². The lowest BCUT2D eigenvalue weighted by Crippen LogP contribution is -2.29. The molecule has 0 heterocycles. The molecule has 1 unspecified atom stereocenters. The van der Waals surface area contributed by atoms with Crippen LogP contribution in [0.5, 0.6) is 0 Å². The molecular formula is C17H18N2O3S. The molecule has 0 saturated carbocycles. The highest BCUT2D eigenvalue weighted by Gasteiger charge is 2.20. The Morgan fingerprint density at radius 1 is 1.17 bits per heavy atom. The van der Waals surface area contributed by atoms with Gasteiger partial charge in [0.05, 0.1) is 0 Å². The summed E-state index contributed by atoms with van der Waals surface area (Å²) in [6.07, 6.45) is 0. The first kappa shape index (κ1) is 17.1. The average Bonchev–Trinajstić information content (AvgIpc) is 2.60. The van der Waals surface area contributed by atoms with Crippen molar-refractivity contribution in [3.05, 3.63) is 65.7 Å². The minimum absolute atomic E-state index is 0.163. The van der Waals surface area contributed by atoms with E-state index in [4.69, 9.17) is 4.84 Å². The molecule has 120 valence electrons. The minimum Gasteiger partial charge on any atom is -0.611 e. The summed E-state index contributed by atoms with van der Waals surface area (Å²) in [5.41, 5.74) is 1.54. The summed E-state index contributed by atoms with van der Waals surface area (Å²) in [5, 5.41) is 6.35. The molecule has 1 amide bonds. The lowest BCUT2D eigenvalue weighted by molar-refractivity contribution is -0.114. The van der Waals surface area contributed by atoms with Crippen LogP contribution in [0.3, 0.4) is 0 Å². The van der Waals surface area contributed by atoms with E-state index in [1.54, 1.807) is 12.1 Å². The summed E-state index contributed by atoms with van der Waals surface area (Å²) in [6, 6.07) is 16.5. The molecule has 1 atom stereocenters. The van der Waals surface area contributed by atoms with E-state index in [-0.39, 0.29) is 11.6 Å². The Hall–Kier alpha value is -2.31. The van der Waals surface area contributed by atoms with Gasteiger partial charge < -0.3 is 14.7 Å². The fraction of sp³-hybridized carbons (Fsp3) is 0.176. The Labute approximate surface area is 138 Å². The molecule has 2 aromatic carbocycles. The molecule has 23 heavy (non-hydrogen) atoms. The largest absolute Gasteiger partial charge is 0.611 e. The number of nitrogens with one attached hydrogen (secondary N) is 1. The zero-order valence-corrected chi connectivity index (χ0v) is 13.8. The molecule has 0 aliphatic carbocycles. The molecule has 2 aromatic rings. The van der Waals surface area contributed by atoms with Crippen molar-refractivity contribution >= 4 is 22.8 Å². The molecule has 0 aromatic heterocycles. The van der Waals surface area contributed by atoms with Crippen molar-refractivity contribution in [1.29, 1.82) is 0 Å². The SMILES string of the molecule is CNC(=O)C(=NOC)c1ccccc1C[S+]([O-])c1ccccc1. The maximum Gasteiger partial charge on any atom is 0.273 e. The topological polar surface area (TPSA) is 73.8 Å². The van der Waals surface area contributed by atoms with Crippen LogP contribution in [-0.2, 0) is 26.6 Å². The zero-order chi connectivity index (χ0) is 16.7. The number of likely N-dealkylation sites (N-methyl/N-ethyl adjacent to an activating group) is 1. The Morgan fingerprint density at radius 2 is 1.83 bits per heavy atom. The quantitative estimate of drug-likeness (QED) is 0.501. The Kier molecular flexibility index (Phi) is 6.19. The Bertz CT molecular complexity index is 689. The second kappa shape index (κ2) is 8.36. The van der Waals surface area contributed by atoms with Crippen LogP contribution in [0, 0.1) is 0 Å². The summed E-state index contributed by atoms with van der Waals surface area (Å²) < 4.78 is 12.5. The van der Waals surface area contributed by atoms with E-state index in [0.29, 0.717) is 11.3 Å². The van der Waals surface area contributed by atoms with Gasteiger partial charge in [-0.15, -0.1) is 0 Å². The van der Waals surface area contributed by atoms with E-state index in [2.05, 4.69) is 10.5 Å². The van der Waals surface area contributed by atoms with Gasteiger partial charge in [-0.3, -0.25) is 4.79 Å². The van der Waals surface area contributed by atoms with Gasteiger partial charge >= 0.3 is 0 Å². The molecule has 0 spiro atoms. The number of hydrogen-bond donors (Lipinski definition) is 1. The normalized spacial score (nSPS) is 12.6. The molecular weight excluding hydrogens is 312 g/mol. The van der Waals surface area contributed by atoms with Crippen LogP contribution >= 0.6 is 0 Å². The van der Waals surface area contributed by atoms with Crippen molar-refractivity contribution < 1.29 is 14.2 Å². The van der Waals surface area contributed by atoms with Crippen molar-refractivity contribution in [3.8, 4) is 0 Å². The summed E-state index contributed by atoms with van der Waals surface area (Å²) in [5.74, 6) is -0.0651. The van der Waals surface area contributed by atoms with E-state index in [1.165, 1.54) is 14.2 Å². The van der Waals surface area contributed by atoms with E-state index < -0.39 is 11.2 Å². The summed E-state index contributed by atoms with van der Waals surface area (Å²) in [4.78, 5) is 17.5. The third-order valence-electron chi connectivity index (χ3n) is 3.19. The third-order valence-corrected chi connectivity index (χ3v) is 4.56. The molecule has 0 saturated heterocycles. The van der Waals surface area contributed by atoms with Crippen LogP contribution in [0.15, 0.2) is 64.6 Å². The maximum atomic E-state index is 12.5. The van der Waals surface area contributed by atoms with Gasteiger partial charge in [0.1, 0.15) is 12.9 Å². The van der Waals surface area contributed by atoms with Crippen molar-refractivity contribution in [1.82, 2.24) is 5.32 Å². The van der Waals surface area contributed by atoms with Crippen LogP contribution in [0.1, 0.15) is 11.1 Å². The third kappa shape index (κ3) is 4.34. The highest BCUT2D eigenvalue weighted by molar-refractivity contribution is 7.90. The van der Waals surface area contributed by atoms with Crippen LogP contribution in [0.25, 0.3) is 0 Å². The fourth-order valence-corrected chi connectivity index (χ4v) is 3.26. The number of benzene rings is 2. The second-order valence-corrected chi connectivity index (χ2v) is 6.11. The van der Waals surface area contributed by atoms with Gasteiger partial charge in [-0.05, 0) is 23.3 Å². The summed E-state index contributed by atoms with van der Waals surface area (Å²) in [7, 11) is 2.91. The molecule has 1 N–H and O–H groups in total. The first-order valence-electron chi connectivity index (χ1n) is 7.02. The van der Waals surface area contributed by atoms with Crippen LogP contribution in [-0.4, -0.2) is 30.3 Å². The molecule has 0 aliphatic rings. The van der Waals surface area contributed by atoms with Gasteiger partial charge in [-0.25, -0.2) is 0 Å². The smallest absolute Gasteiger partial charge is 0.273 e. The monoisotopic (exact) mass is 330 g/mol. The fourth-order valence-electron chi connectivity index (χ4n) is 2.10. The first-order valence-corrected chi connectivity index (χ1v) is 8.34. The number of hydrogen-bond acceptors (Lipinski definition) is 4. The van der Waals surface area contributed by atoms with Gasteiger partial charge in [-0.1, -0.05) is 47.6 Å². The van der Waals surface area contributed by atoms with Crippen molar-refractivity contribution in [3.63, 3.8) is 0 Å². The highest BCUT2D eigenvalue weighted by atomic mass is 32.2. The molecule has 5 nitrogen and oxygen atoms in total. The number of carbonyl (C=O) groups is 1. The summed E-state index contributed by atoms with van der Waals surface area (Å²) >= 11 is -1.21. The standard InChI is InChI=1S/C17H18N2O3S/c1-18-17(20)16(19-22-2)15-11-7-6-8-13(15)12-23(21)14-9-4-3-5-10-14/h3-11H,12H2,1-2H3,(H,18,20). The molecule has 0 radical (unpaired) electrons. The van der Waals surface area contributed by atoms with E-state index in [1.807, 2.05) is 42.5 Å². The van der Waals surface area contributed by atoms with Gasteiger partial charge in [-0.2, -0.15) is 0 Å². The van der Waals surface area contributed by atoms with E-state index >= 15 is 0 Å². The molecule has 6 heteroatoms. The molecule has 0 aliphatic heterocycles.